The SMILES string of the molecule is CC(C)CC(CCO)CNC(C)c1ccc2c(c1)OCCO2. The molecule has 0 fully saturated rings. The molecule has 4 heteroatoms. The van der Waals surface area contributed by atoms with Crippen molar-refractivity contribution >= 4 is 0 Å². The molecule has 4 nitrogen and oxygen atoms in total. The lowest BCUT2D eigenvalue weighted by atomic mass is 9.94. The van der Waals surface area contributed by atoms with Crippen molar-refractivity contribution in [2.75, 3.05) is 26.4 Å². The summed E-state index contributed by atoms with van der Waals surface area (Å²) in [6, 6.07) is 6.40. The van der Waals surface area contributed by atoms with E-state index in [1.54, 1.807) is 0 Å². The zero-order chi connectivity index (χ0) is 15.9. The Hall–Kier alpha value is -1.26. The van der Waals surface area contributed by atoms with Gasteiger partial charge in [0.25, 0.3) is 0 Å². The number of aliphatic hydroxyl groups is 1. The van der Waals surface area contributed by atoms with Crippen LogP contribution in [0.5, 0.6) is 11.5 Å². The summed E-state index contributed by atoms with van der Waals surface area (Å²) in [5, 5.41) is 12.8. The Morgan fingerprint density at radius 1 is 1.14 bits per heavy atom. The minimum absolute atomic E-state index is 0.254. The van der Waals surface area contributed by atoms with Gasteiger partial charge in [0, 0.05) is 12.6 Å². The molecule has 22 heavy (non-hydrogen) atoms. The van der Waals surface area contributed by atoms with Crippen molar-refractivity contribution in [2.45, 2.75) is 39.7 Å². The third-order valence-corrected chi connectivity index (χ3v) is 4.12. The van der Waals surface area contributed by atoms with E-state index in [-0.39, 0.29) is 12.6 Å². The van der Waals surface area contributed by atoms with E-state index in [9.17, 15) is 5.11 Å². The molecule has 0 saturated heterocycles. The fraction of sp³-hybridized carbons (Fsp3) is 0.667. The minimum atomic E-state index is 0.254. The average Bonchev–Trinajstić information content (AvgIpc) is 2.51. The summed E-state index contributed by atoms with van der Waals surface area (Å²) in [6.45, 7) is 9.05. The Morgan fingerprint density at radius 3 is 2.55 bits per heavy atom. The Morgan fingerprint density at radius 2 is 1.86 bits per heavy atom. The predicted octanol–water partition coefficient (Wildman–Crippen LogP) is 3.15. The highest BCUT2D eigenvalue weighted by Crippen LogP contribution is 2.32. The molecule has 1 aromatic rings. The molecule has 0 aliphatic carbocycles. The molecule has 1 aliphatic heterocycles. The van der Waals surface area contributed by atoms with Gasteiger partial charge < -0.3 is 19.9 Å². The number of hydrogen-bond acceptors (Lipinski definition) is 4. The number of rotatable bonds is 8. The average molecular weight is 307 g/mol. The van der Waals surface area contributed by atoms with E-state index in [0.29, 0.717) is 25.0 Å². The van der Waals surface area contributed by atoms with Crippen molar-refractivity contribution in [1.82, 2.24) is 5.32 Å². The number of hydrogen-bond donors (Lipinski definition) is 2. The Labute approximate surface area is 133 Å². The van der Waals surface area contributed by atoms with E-state index in [1.807, 2.05) is 6.07 Å². The molecular formula is C18H29NO3. The molecule has 2 N–H and O–H groups in total. The monoisotopic (exact) mass is 307 g/mol. The van der Waals surface area contributed by atoms with Crippen molar-refractivity contribution in [3.05, 3.63) is 23.8 Å². The fourth-order valence-electron chi connectivity index (χ4n) is 2.94. The maximum atomic E-state index is 9.21. The maximum Gasteiger partial charge on any atom is 0.161 e. The summed E-state index contributed by atoms with van der Waals surface area (Å²) in [7, 11) is 0. The first-order chi connectivity index (χ1) is 10.6. The van der Waals surface area contributed by atoms with Gasteiger partial charge in [-0.2, -0.15) is 0 Å². The van der Waals surface area contributed by atoms with Crippen molar-refractivity contribution in [1.29, 1.82) is 0 Å². The number of nitrogens with one attached hydrogen (secondary N) is 1. The first-order valence-corrected chi connectivity index (χ1v) is 8.34. The highest BCUT2D eigenvalue weighted by Gasteiger charge is 2.16. The van der Waals surface area contributed by atoms with Crippen LogP contribution in [-0.2, 0) is 0 Å². The molecule has 1 aliphatic rings. The standard InChI is InChI=1S/C18H29NO3/c1-13(2)10-15(6-7-20)12-19-14(3)16-4-5-17-18(11-16)22-9-8-21-17/h4-5,11,13-15,19-20H,6-10,12H2,1-3H3. The second-order valence-electron chi connectivity index (χ2n) is 6.54. The highest BCUT2D eigenvalue weighted by molar-refractivity contribution is 5.44. The van der Waals surface area contributed by atoms with E-state index >= 15 is 0 Å². The van der Waals surface area contributed by atoms with Crippen molar-refractivity contribution in [2.24, 2.45) is 11.8 Å². The van der Waals surface area contributed by atoms with E-state index < -0.39 is 0 Å². The first-order valence-electron chi connectivity index (χ1n) is 8.34. The van der Waals surface area contributed by atoms with Crippen LogP contribution in [-0.4, -0.2) is 31.5 Å². The van der Waals surface area contributed by atoms with Crippen LogP contribution in [0, 0.1) is 11.8 Å². The van der Waals surface area contributed by atoms with Gasteiger partial charge >= 0.3 is 0 Å². The van der Waals surface area contributed by atoms with Crippen LogP contribution in [0.25, 0.3) is 0 Å². The van der Waals surface area contributed by atoms with Gasteiger partial charge in [0.05, 0.1) is 0 Å². The highest BCUT2D eigenvalue weighted by atomic mass is 16.6. The van der Waals surface area contributed by atoms with Gasteiger partial charge in [-0.3, -0.25) is 0 Å². The molecule has 0 saturated carbocycles. The number of fused-ring (bicyclic) bond motifs is 1. The molecule has 2 unspecified atom stereocenters. The van der Waals surface area contributed by atoms with Gasteiger partial charge in [-0.1, -0.05) is 19.9 Å². The molecule has 0 amide bonds. The third-order valence-electron chi connectivity index (χ3n) is 4.12. The molecule has 0 spiro atoms. The second-order valence-corrected chi connectivity index (χ2v) is 6.54. The smallest absolute Gasteiger partial charge is 0.161 e. The zero-order valence-electron chi connectivity index (χ0n) is 14.0. The van der Waals surface area contributed by atoms with Crippen molar-refractivity contribution < 1.29 is 14.6 Å². The number of aliphatic hydroxyl groups excluding tert-OH is 1. The van der Waals surface area contributed by atoms with Gasteiger partial charge in [-0.25, -0.2) is 0 Å². The van der Waals surface area contributed by atoms with E-state index in [1.165, 1.54) is 5.56 Å². The van der Waals surface area contributed by atoms with Crippen molar-refractivity contribution in [3.63, 3.8) is 0 Å². The topological polar surface area (TPSA) is 50.7 Å². The maximum absolute atomic E-state index is 9.21. The van der Waals surface area contributed by atoms with Crippen LogP contribution >= 0.6 is 0 Å². The third kappa shape index (κ3) is 4.89. The molecule has 0 aromatic heterocycles. The quantitative estimate of drug-likeness (QED) is 0.774. The molecule has 1 heterocycles. The molecule has 2 rings (SSSR count). The molecule has 1 aromatic carbocycles. The van der Waals surface area contributed by atoms with Crippen LogP contribution in [0.1, 0.15) is 45.2 Å². The van der Waals surface area contributed by atoms with Crippen LogP contribution in [0.3, 0.4) is 0 Å². The lowest BCUT2D eigenvalue weighted by molar-refractivity contribution is 0.171. The number of benzene rings is 1. The summed E-state index contributed by atoms with van der Waals surface area (Å²) in [5.41, 5.74) is 1.21. The molecule has 0 radical (unpaired) electrons. The first kappa shape index (κ1) is 17.1. The predicted molar refractivity (Wildman–Crippen MR) is 88.5 cm³/mol. The summed E-state index contributed by atoms with van der Waals surface area (Å²) in [5.74, 6) is 2.85. The Bertz CT molecular complexity index is 462. The number of ether oxygens (including phenoxy) is 2. The lowest BCUT2D eigenvalue weighted by Gasteiger charge is -2.23. The van der Waals surface area contributed by atoms with Gasteiger partial charge in [0.15, 0.2) is 11.5 Å². The van der Waals surface area contributed by atoms with Gasteiger partial charge in [-0.05, 0) is 55.8 Å². The van der Waals surface area contributed by atoms with E-state index in [0.717, 1.165) is 30.9 Å². The zero-order valence-corrected chi connectivity index (χ0v) is 14.0. The summed E-state index contributed by atoms with van der Waals surface area (Å²) < 4.78 is 11.2. The lowest BCUT2D eigenvalue weighted by Crippen LogP contribution is -2.27. The fourth-order valence-corrected chi connectivity index (χ4v) is 2.94. The van der Waals surface area contributed by atoms with Gasteiger partial charge in [0.1, 0.15) is 13.2 Å². The Balaban J connectivity index is 1.92. The van der Waals surface area contributed by atoms with Crippen LogP contribution in [0.15, 0.2) is 18.2 Å². The second kappa shape index (κ2) is 8.39. The normalized spacial score (nSPS) is 16.6. The van der Waals surface area contributed by atoms with Crippen LogP contribution < -0.4 is 14.8 Å². The minimum Gasteiger partial charge on any atom is -0.486 e. The molecule has 2 atom stereocenters. The molecular weight excluding hydrogens is 278 g/mol. The van der Waals surface area contributed by atoms with Gasteiger partial charge in [0.2, 0.25) is 0 Å². The van der Waals surface area contributed by atoms with Gasteiger partial charge in [-0.15, -0.1) is 0 Å². The van der Waals surface area contributed by atoms with Crippen LogP contribution in [0.2, 0.25) is 0 Å². The van der Waals surface area contributed by atoms with Crippen molar-refractivity contribution in [3.8, 4) is 11.5 Å². The largest absolute Gasteiger partial charge is 0.486 e. The summed E-state index contributed by atoms with van der Waals surface area (Å²) in [4.78, 5) is 0. The molecule has 0 bridgehead atoms. The van der Waals surface area contributed by atoms with E-state index in [4.69, 9.17) is 9.47 Å². The summed E-state index contributed by atoms with van der Waals surface area (Å²) >= 11 is 0. The van der Waals surface area contributed by atoms with Crippen LogP contribution in [0.4, 0.5) is 0 Å². The van der Waals surface area contributed by atoms with E-state index in [2.05, 4.69) is 38.2 Å². The Kier molecular flexibility index (Phi) is 6.52. The molecule has 124 valence electrons. The summed E-state index contributed by atoms with van der Waals surface area (Å²) in [6.07, 6.45) is 2.00.